The van der Waals surface area contributed by atoms with Crippen molar-refractivity contribution in [1.82, 2.24) is 19.9 Å². The highest BCUT2D eigenvalue weighted by Crippen LogP contribution is 2.31. The minimum Gasteiger partial charge on any atom is -0.299 e. The minimum atomic E-state index is -4.61. The van der Waals surface area contributed by atoms with E-state index in [4.69, 9.17) is 0 Å². The highest BCUT2D eigenvalue weighted by Gasteiger charge is 2.36. The molecular formula is C24H23F3N4O3S. The monoisotopic (exact) mass is 504 g/mol. The van der Waals surface area contributed by atoms with Gasteiger partial charge < -0.3 is 0 Å². The molecule has 0 radical (unpaired) electrons. The van der Waals surface area contributed by atoms with Crippen molar-refractivity contribution < 1.29 is 26.4 Å². The van der Waals surface area contributed by atoms with E-state index in [-0.39, 0.29) is 28.9 Å². The predicted molar refractivity (Wildman–Crippen MR) is 122 cm³/mol. The molecule has 1 fully saturated rings. The van der Waals surface area contributed by atoms with Crippen molar-refractivity contribution in [1.29, 1.82) is 0 Å². The van der Waals surface area contributed by atoms with E-state index in [1.54, 1.807) is 30.3 Å². The number of rotatable bonds is 9. The van der Waals surface area contributed by atoms with Gasteiger partial charge in [-0.3, -0.25) is 19.7 Å². The molecule has 0 N–H and O–H groups in total. The molecule has 4 rings (SSSR count). The first-order valence-corrected chi connectivity index (χ1v) is 12.8. The van der Waals surface area contributed by atoms with E-state index >= 15 is 0 Å². The number of nitrogens with zero attached hydrogens (tertiary/aromatic N) is 4. The maximum absolute atomic E-state index is 13.0. The summed E-state index contributed by atoms with van der Waals surface area (Å²) in [5.41, 5.74) is 0.656. The number of pyridine rings is 2. The van der Waals surface area contributed by atoms with Crippen LogP contribution in [0.5, 0.6) is 0 Å². The molecule has 1 atom stereocenters. The van der Waals surface area contributed by atoms with Crippen LogP contribution in [0.15, 0.2) is 48.9 Å². The van der Waals surface area contributed by atoms with Crippen molar-refractivity contribution in [3.8, 4) is 11.3 Å². The highest BCUT2D eigenvalue weighted by atomic mass is 32.2. The maximum atomic E-state index is 13.0. The summed E-state index contributed by atoms with van der Waals surface area (Å²) in [6.45, 7) is 1.85. The normalized spacial score (nSPS) is 15.1. The van der Waals surface area contributed by atoms with Crippen LogP contribution in [-0.4, -0.2) is 39.4 Å². The molecule has 1 saturated carbocycles. The molecule has 3 aromatic rings. The van der Waals surface area contributed by atoms with Crippen LogP contribution in [0, 0.1) is 0 Å². The molecule has 0 aromatic carbocycles. The third kappa shape index (κ3) is 6.08. The van der Waals surface area contributed by atoms with Gasteiger partial charge in [0.2, 0.25) is 0 Å². The quantitative estimate of drug-likeness (QED) is 0.427. The maximum Gasteiger partial charge on any atom is 0.434 e. The van der Waals surface area contributed by atoms with E-state index < -0.39 is 27.6 Å². The standard InChI is InChI=1S/C24H23F3N4O3S/c1-2-19(20-5-3-4-17(30-20)14-35(33,34)18-8-9-18)22(32)10-16-7-6-15(11-29-16)21-12-28-13-23(31-21)24(25,26)27/h3-7,11-13,18-19H,2,8-10,14H2,1H3. The van der Waals surface area contributed by atoms with Crippen molar-refractivity contribution in [2.24, 2.45) is 0 Å². The van der Waals surface area contributed by atoms with Gasteiger partial charge >= 0.3 is 6.18 Å². The second-order valence-corrected chi connectivity index (χ2v) is 10.8. The molecule has 7 nitrogen and oxygen atoms in total. The number of halogens is 3. The van der Waals surface area contributed by atoms with Crippen LogP contribution in [0.25, 0.3) is 11.3 Å². The van der Waals surface area contributed by atoms with E-state index in [1.165, 1.54) is 12.4 Å². The lowest BCUT2D eigenvalue weighted by atomic mass is 9.93. The molecule has 0 aliphatic heterocycles. The van der Waals surface area contributed by atoms with Crippen LogP contribution in [-0.2, 0) is 33.0 Å². The number of hydrogen-bond donors (Lipinski definition) is 0. The Balaban J connectivity index is 1.47. The molecule has 0 amide bonds. The van der Waals surface area contributed by atoms with Gasteiger partial charge in [0.15, 0.2) is 15.5 Å². The van der Waals surface area contributed by atoms with Gasteiger partial charge in [-0.1, -0.05) is 13.0 Å². The summed E-state index contributed by atoms with van der Waals surface area (Å²) in [6, 6.07) is 8.18. The molecule has 0 saturated heterocycles. The Morgan fingerprint density at radius 2 is 1.83 bits per heavy atom. The number of carbonyl (C=O) groups is 1. The van der Waals surface area contributed by atoms with Gasteiger partial charge in [-0.05, 0) is 43.5 Å². The molecule has 0 spiro atoms. The lowest BCUT2D eigenvalue weighted by molar-refractivity contribution is -0.141. The average molecular weight is 505 g/mol. The molecule has 35 heavy (non-hydrogen) atoms. The van der Waals surface area contributed by atoms with Crippen molar-refractivity contribution in [2.45, 2.75) is 55.7 Å². The van der Waals surface area contributed by atoms with Gasteiger partial charge in [-0.2, -0.15) is 13.2 Å². The second kappa shape index (κ2) is 9.80. The van der Waals surface area contributed by atoms with Gasteiger partial charge in [0.1, 0.15) is 5.78 Å². The molecule has 3 aromatic heterocycles. The highest BCUT2D eigenvalue weighted by molar-refractivity contribution is 7.91. The summed E-state index contributed by atoms with van der Waals surface area (Å²) in [6.07, 6.45) is 0.461. The fraction of sp³-hybridized carbons (Fsp3) is 0.375. The fourth-order valence-electron chi connectivity index (χ4n) is 3.75. The third-order valence-corrected chi connectivity index (χ3v) is 7.95. The number of ketones is 1. The Labute approximate surface area is 200 Å². The number of Topliss-reactive ketones (excluding diaryl/α,β-unsaturated/α-hetero) is 1. The predicted octanol–water partition coefficient (Wildman–Crippen LogP) is 4.34. The molecule has 11 heteroatoms. The summed E-state index contributed by atoms with van der Waals surface area (Å²) in [7, 11) is -3.23. The lowest BCUT2D eigenvalue weighted by Gasteiger charge is -2.14. The Morgan fingerprint density at radius 3 is 2.46 bits per heavy atom. The van der Waals surface area contributed by atoms with Gasteiger partial charge in [0.25, 0.3) is 0 Å². The Bertz CT molecular complexity index is 1320. The van der Waals surface area contributed by atoms with Gasteiger partial charge in [0, 0.05) is 23.9 Å². The summed E-state index contributed by atoms with van der Waals surface area (Å²) in [4.78, 5) is 28.9. The Kier molecular flexibility index (Phi) is 6.98. The van der Waals surface area contributed by atoms with Crippen molar-refractivity contribution in [3.05, 3.63) is 71.7 Å². The molecule has 1 aliphatic carbocycles. The SMILES string of the molecule is CCC(C(=O)Cc1ccc(-c2cncc(C(F)(F)F)n2)cn1)c1cccc(CS(=O)(=O)C2CC2)n1. The van der Waals surface area contributed by atoms with Crippen molar-refractivity contribution in [3.63, 3.8) is 0 Å². The first-order valence-electron chi connectivity index (χ1n) is 11.1. The topological polar surface area (TPSA) is 103 Å². The molecule has 1 unspecified atom stereocenters. The second-order valence-electron chi connectivity index (χ2n) is 8.49. The molecule has 3 heterocycles. The number of hydrogen-bond acceptors (Lipinski definition) is 7. The smallest absolute Gasteiger partial charge is 0.299 e. The van der Waals surface area contributed by atoms with Crippen LogP contribution < -0.4 is 0 Å². The third-order valence-electron chi connectivity index (χ3n) is 5.76. The summed E-state index contributed by atoms with van der Waals surface area (Å²) in [5.74, 6) is -0.812. The molecular weight excluding hydrogens is 481 g/mol. The number of alkyl halides is 3. The fourth-order valence-corrected chi connectivity index (χ4v) is 5.41. The van der Waals surface area contributed by atoms with Gasteiger partial charge in [-0.15, -0.1) is 0 Å². The summed E-state index contributed by atoms with van der Waals surface area (Å²) in [5, 5.41) is -0.285. The zero-order valence-electron chi connectivity index (χ0n) is 18.9. The molecule has 184 valence electrons. The van der Waals surface area contributed by atoms with Crippen molar-refractivity contribution in [2.75, 3.05) is 0 Å². The summed E-state index contributed by atoms with van der Waals surface area (Å²) < 4.78 is 63.3. The van der Waals surface area contributed by atoms with Crippen LogP contribution in [0.2, 0.25) is 0 Å². The van der Waals surface area contributed by atoms with Crippen LogP contribution in [0.4, 0.5) is 13.2 Å². The van der Waals surface area contributed by atoms with E-state index in [1.807, 2.05) is 6.92 Å². The van der Waals surface area contributed by atoms with E-state index in [9.17, 15) is 26.4 Å². The largest absolute Gasteiger partial charge is 0.434 e. The lowest BCUT2D eigenvalue weighted by Crippen LogP contribution is -2.18. The number of aromatic nitrogens is 4. The minimum absolute atomic E-state index is 0.000658. The van der Waals surface area contributed by atoms with E-state index in [0.717, 1.165) is 0 Å². The average Bonchev–Trinajstić information content (AvgIpc) is 3.66. The zero-order chi connectivity index (χ0) is 25.2. The molecule has 0 bridgehead atoms. The van der Waals surface area contributed by atoms with E-state index in [0.29, 0.717) is 48.1 Å². The zero-order valence-corrected chi connectivity index (χ0v) is 19.7. The Morgan fingerprint density at radius 1 is 1.06 bits per heavy atom. The van der Waals surface area contributed by atoms with Gasteiger partial charge in [-0.25, -0.2) is 13.4 Å². The van der Waals surface area contributed by atoms with Crippen LogP contribution >= 0.6 is 0 Å². The number of sulfone groups is 1. The molecule has 1 aliphatic rings. The first kappa shape index (κ1) is 24.9. The van der Waals surface area contributed by atoms with Crippen LogP contribution in [0.1, 0.15) is 54.9 Å². The Hall–Kier alpha value is -3.21. The van der Waals surface area contributed by atoms with Gasteiger partial charge in [0.05, 0.1) is 46.4 Å². The number of carbonyl (C=O) groups excluding carboxylic acids is 1. The first-order chi connectivity index (χ1) is 16.6. The summed E-state index contributed by atoms with van der Waals surface area (Å²) >= 11 is 0. The van der Waals surface area contributed by atoms with E-state index in [2.05, 4.69) is 19.9 Å². The van der Waals surface area contributed by atoms with Crippen LogP contribution in [0.3, 0.4) is 0 Å². The van der Waals surface area contributed by atoms with Crippen molar-refractivity contribution >= 4 is 15.6 Å².